The summed E-state index contributed by atoms with van der Waals surface area (Å²) in [6.45, 7) is 2.14. The van der Waals surface area contributed by atoms with E-state index in [0.29, 0.717) is 53.3 Å². The number of fused-ring (bicyclic) bond motifs is 1. The lowest BCUT2D eigenvalue weighted by atomic mass is 10.1. The van der Waals surface area contributed by atoms with E-state index in [1.807, 2.05) is 29.2 Å². The molecule has 0 unspecified atom stereocenters. The number of halogens is 2. The Morgan fingerprint density at radius 2 is 1.89 bits per heavy atom. The van der Waals surface area contributed by atoms with Crippen LogP contribution in [0.3, 0.4) is 0 Å². The first kappa shape index (κ1) is 23.5. The van der Waals surface area contributed by atoms with Gasteiger partial charge in [0.05, 0.1) is 50.3 Å². The molecule has 0 aliphatic carbocycles. The van der Waals surface area contributed by atoms with Gasteiger partial charge >= 0.3 is 0 Å². The number of carbonyl (C=O) groups is 1. The standard InChI is InChI=1S/C24H18Cl2N4O4S/c25-14-11-17(24-27-19-3-1-2-4-21(19)35-24)22(18(26)12-14)28-23(31)16-13-15(30(32)33)5-6-20(16)29-7-9-34-10-8-29/h1-6,11-13H,7-10H2,(H,28,31). The number of para-hydroxylation sites is 1. The third-order valence-electron chi connectivity index (χ3n) is 5.61. The zero-order valence-electron chi connectivity index (χ0n) is 18.2. The van der Waals surface area contributed by atoms with Crippen LogP contribution in [0.25, 0.3) is 20.8 Å². The van der Waals surface area contributed by atoms with Crippen LogP contribution in [0.2, 0.25) is 10.0 Å². The minimum Gasteiger partial charge on any atom is -0.378 e. The number of benzene rings is 3. The lowest BCUT2D eigenvalue weighted by Gasteiger charge is -2.30. The molecule has 3 aromatic carbocycles. The van der Waals surface area contributed by atoms with Gasteiger partial charge in [0.1, 0.15) is 5.01 Å². The molecule has 1 N–H and O–H groups in total. The highest BCUT2D eigenvalue weighted by molar-refractivity contribution is 7.21. The van der Waals surface area contributed by atoms with Crippen molar-refractivity contribution in [2.45, 2.75) is 0 Å². The number of ether oxygens (including phenoxy) is 1. The molecule has 8 nitrogen and oxygen atoms in total. The number of nitro benzene ring substituents is 1. The van der Waals surface area contributed by atoms with Crippen LogP contribution in [0.5, 0.6) is 0 Å². The smallest absolute Gasteiger partial charge is 0.270 e. The van der Waals surface area contributed by atoms with Crippen LogP contribution in [-0.2, 0) is 4.74 Å². The van der Waals surface area contributed by atoms with Gasteiger partial charge < -0.3 is 15.0 Å². The van der Waals surface area contributed by atoms with Crippen LogP contribution in [0.1, 0.15) is 10.4 Å². The predicted molar refractivity (Wildman–Crippen MR) is 139 cm³/mol. The second kappa shape index (κ2) is 9.79. The van der Waals surface area contributed by atoms with Crippen LogP contribution in [0, 0.1) is 10.1 Å². The topological polar surface area (TPSA) is 97.6 Å². The maximum absolute atomic E-state index is 13.5. The van der Waals surface area contributed by atoms with Gasteiger partial charge in [0.2, 0.25) is 0 Å². The number of hydrogen-bond donors (Lipinski definition) is 1. The molecule has 1 amide bonds. The Morgan fingerprint density at radius 1 is 1.11 bits per heavy atom. The van der Waals surface area contributed by atoms with E-state index in [2.05, 4.69) is 10.3 Å². The van der Waals surface area contributed by atoms with Crippen LogP contribution in [0.15, 0.2) is 54.6 Å². The molecule has 1 saturated heterocycles. The summed E-state index contributed by atoms with van der Waals surface area (Å²) in [5.41, 5.74) is 2.29. The van der Waals surface area contributed by atoms with Crippen LogP contribution < -0.4 is 10.2 Å². The molecule has 1 aliphatic heterocycles. The number of amides is 1. The lowest BCUT2D eigenvalue weighted by Crippen LogP contribution is -2.37. The summed E-state index contributed by atoms with van der Waals surface area (Å²) >= 11 is 14.3. The van der Waals surface area contributed by atoms with Crippen molar-refractivity contribution in [3.63, 3.8) is 0 Å². The lowest BCUT2D eigenvalue weighted by molar-refractivity contribution is -0.384. The first-order valence-corrected chi connectivity index (χ1v) is 12.3. The Balaban J connectivity index is 1.57. The number of thiazole rings is 1. The summed E-state index contributed by atoms with van der Waals surface area (Å²) < 4.78 is 6.39. The molecule has 0 spiro atoms. The number of nitro groups is 1. The maximum Gasteiger partial charge on any atom is 0.270 e. The Morgan fingerprint density at radius 3 is 2.63 bits per heavy atom. The SMILES string of the molecule is O=C(Nc1c(Cl)cc(Cl)cc1-c1nc2ccccc2s1)c1cc([N+](=O)[O-])ccc1N1CCOCC1. The molecule has 35 heavy (non-hydrogen) atoms. The quantitative estimate of drug-likeness (QED) is 0.242. The fourth-order valence-electron chi connectivity index (χ4n) is 3.94. The van der Waals surface area contributed by atoms with E-state index >= 15 is 0 Å². The van der Waals surface area contributed by atoms with Crippen molar-refractivity contribution < 1.29 is 14.5 Å². The molecule has 4 aromatic rings. The van der Waals surface area contributed by atoms with Crippen molar-refractivity contribution in [2.24, 2.45) is 0 Å². The molecular formula is C24H18Cl2N4O4S. The summed E-state index contributed by atoms with van der Waals surface area (Å²) in [6, 6.07) is 15.2. The molecule has 2 heterocycles. The fourth-order valence-corrected chi connectivity index (χ4v) is 5.47. The number of rotatable bonds is 5. The largest absolute Gasteiger partial charge is 0.378 e. The van der Waals surface area contributed by atoms with Crippen molar-refractivity contribution in [3.05, 3.63) is 80.3 Å². The number of nitrogens with one attached hydrogen (secondary N) is 1. The Bertz CT molecular complexity index is 1420. The molecule has 0 radical (unpaired) electrons. The summed E-state index contributed by atoms with van der Waals surface area (Å²) in [6.07, 6.45) is 0. The Kier molecular flexibility index (Phi) is 6.57. The highest BCUT2D eigenvalue weighted by Crippen LogP contribution is 2.41. The van der Waals surface area contributed by atoms with E-state index in [-0.39, 0.29) is 16.3 Å². The number of anilines is 2. The average molecular weight is 529 g/mol. The summed E-state index contributed by atoms with van der Waals surface area (Å²) in [7, 11) is 0. The number of non-ortho nitro benzene ring substituents is 1. The highest BCUT2D eigenvalue weighted by Gasteiger charge is 2.24. The van der Waals surface area contributed by atoms with Crippen molar-refractivity contribution in [1.29, 1.82) is 0 Å². The maximum atomic E-state index is 13.5. The van der Waals surface area contributed by atoms with Gasteiger partial charge in [-0.1, -0.05) is 35.3 Å². The van der Waals surface area contributed by atoms with Gasteiger partial charge in [-0.2, -0.15) is 0 Å². The van der Waals surface area contributed by atoms with Gasteiger partial charge in [0.25, 0.3) is 11.6 Å². The number of morpholine rings is 1. The Hall–Kier alpha value is -3.24. The molecule has 1 aromatic heterocycles. The van der Waals surface area contributed by atoms with Gasteiger partial charge in [0.15, 0.2) is 0 Å². The van der Waals surface area contributed by atoms with E-state index in [4.69, 9.17) is 27.9 Å². The normalized spacial score (nSPS) is 13.7. The molecule has 5 rings (SSSR count). The predicted octanol–water partition coefficient (Wildman–Crippen LogP) is 6.27. The fraction of sp³-hybridized carbons (Fsp3) is 0.167. The van der Waals surface area contributed by atoms with E-state index in [1.165, 1.54) is 29.5 Å². The number of nitrogens with zero attached hydrogens (tertiary/aromatic N) is 3. The summed E-state index contributed by atoms with van der Waals surface area (Å²) in [5.74, 6) is -0.526. The first-order valence-electron chi connectivity index (χ1n) is 10.7. The summed E-state index contributed by atoms with van der Waals surface area (Å²) in [4.78, 5) is 31.1. The van der Waals surface area contributed by atoms with Crippen molar-refractivity contribution >= 4 is 67.7 Å². The van der Waals surface area contributed by atoms with Crippen LogP contribution >= 0.6 is 34.5 Å². The zero-order valence-corrected chi connectivity index (χ0v) is 20.5. The average Bonchev–Trinajstić information content (AvgIpc) is 3.30. The van der Waals surface area contributed by atoms with E-state index in [1.54, 1.807) is 12.1 Å². The van der Waals surface area contributed by atoms with Gasteiger partial charge in [-0.05, 0) is 30.3 Å². The van der Waals surface area contributed by atoms with Crippen LogP contribution in [-0.4, -0.2) is 42.1 Å². The monoisotopic (exact) mass is 528 g/mol. The van der Waals surface area contributed by atoms with Crippen LogP contribution in [0.4, 0.5) is 17.1 Å². The van der Waals surface area contributed by atoms with Gasteiger partial charge in [-0.15, -0.1) is 11.3 Å². The molecule has 11 heteroatoms. The van der Waals surface area contributed by atoms with Crippen molar-refractivity contribution in [2.75, 3.05) is 36.5 Å². The second-order valence-electron chi connectivity index (χ2n) is 7.81. The minimum absolute atomic E-state index is 0.169. The second-order valence-corrected chi connectivity index (χ2v) is 9.68. The van der Waals surface area contributed by atoms with Crippen molar-refractivity contribution in [3.8, 4) is 10.6 Å². The van der Waals surface area contributed by atoms with Gasteiger partial charge in [-0.25, -0.2) is 4.98 Å². The number of carbonyl (C=O) groups excluding carboxylic acids is 1. The molecule has 0 saturated carbocycles. The Labute approximate surface area is 214 Å². The molecule has 1 aliphatic rings. The highest BCUT2D eigenvalue weighted by atomic mass is 35.5. The van der Waals surface area contributed by atoms with E-state index in [9.17, 15) is 14.9 Å². The van der Waals surface area contributed by atoms with Crippen molar-refractivity contribution in [1.82, 2.24) is 4.98 Å². The summed E-state index contributed by atoms with van der Waals surface area (Å²) in [5, 5.41) is 15.6. The number of hydrogen-bond acceptors (Lipinski definition) is 7. The van der Waals surface area contributed by atoms with E-state index < -0.39 is 10.8 Å². The number of aromatic nitrogens is 1. The van der Waals surface area contributed by atoms with E-state index in [0.717, 1.165) is 10.2 Å². The molecular weight excluding hydrogens is 511 g/mol. The zero-order chi connectivity index (χ0) is 24.5. The third-order valence-corrected chi connectivity index (χ3v) is 7.19. The molecule has 178 valence electrons. The molecule has 1 fully saturated rings. The molecule has 0 atom stereocenters. The first-order chi connectivity index (χ1) is 16.9. The minimum atomic E-state index is -0.526. The third kappa shape index (κ3) is 4.81. The molecule has 0 bridgehead atoms. The van der Waals surface area contributed by atoms with Gasteiger partial charge in [0, 0.05) is 35.8 Å². The van der Waals surface area contributed by atoms with Gasteiger partial charge in [-0.3, -0.25) is 14.9 Å².